The molecule has 1 N–H and O–H groups in total. The van der Waals surface area contributed by atoms with E-state index < -0.39 is 0 Å². The first kappa shape index (κ1) is 17.7. The van der Waals surface area contributed by atoms with Crippen molar-refractivity contribution in [1.82, 2.24) is 0 Å². The Bertz CT molecular complexity index is 1220. The van der Waals surface area contributed by atoms with E-state index >= 15 is 0 Å². The van der Waals surface area contributed by atoms with Gasteiger partial charge in [0.15, 0.2) is 0 Å². The van der Waals surface area contributed by atoms with Crippen molar-refractivity contribution in [3.8, 4) is 11.1 Å². The van der Waals surface area contributed by atoms with Crippen LogP contribution >= 0.6 is 0 Å². The van der Waals surface area contributed by atoms with Gasteiger partial charge in [0.05, 0.1) is 0 Å². The third kappa shape index (κ3) is 3.58. The monoisotopic (exact) mass is 369 g/mol. The van der Waals surface area contributed by atoms with Crippen molar-refractivity contribution in [1.29, 1.82) is 0 Å². The smallest absolute Gasteiger partial charge is 0.336 e. The van der Waals surface area contributed by atoms with E-state index in [2.05, 4.69) is 5.32 Å². The molecular formula is C24H19NO3. The number of hydrogen-bond donors (Lipinski definition) is 1. The Morgan fingerprint density at radius 1 is 0.821 bits per heavy atom. The summed E-state index contributed by atoms with van der Waals surface area (Å²) in [6.45, 7) is 3.89. The van der Waals surface area contributed by atoms with Crippen LogP contribution < -0.4 is 10.9 Å². The number of amides is 1. The van der Waals surface area contributed by atoms with Crippen molar-refractivity contribution < 1.29 is 9.21 Å². The highest BCUT2D eigenvalue weighted by molar-refractivity contribution is 6.04. The molecule has 0 aliphatic rings. The van der Waals surface area contributed by atoms with Crippen LogP contribution in [-0.2, 0) is 0 Å². The van der Waals surface area contributed by atoms with Crippen LogP contribution in [0, 0.1) is 13.8 Å². The van der Waals surface area contributed by atoms with Crippen molar-refractivity contribution in [2.75, 3.05) is 5.32 Å². The molecule has 138 valence electrons. The van der Waals surface area contributed by atoms with Crippen LogP contribution in [0.5, 0.6) is 0 Å². The van der Waals surface area contributed by atoms with Crippen molar-refractivity contribution in [2.45, 2.75) is 13.8 Å². The summed E-state index contributed by atoms with van der Waals surface area (Å²) >= 11 is 0. The van der Waals surface area contributed by atoms with Crippen molar-refractivity contribution in [2.24, 2.45) is 0 Å². The first-order chi connectivity index (χ1) is 13.5. The SMILES string of the molecule is Cc1ccc(NC(=O)c2ccc(-c3ccc4c(C)cc(=O)oc4c3)cc2)cc1. The average molecular weight is 369 g/mol. The van der Waals surface area contributed by atoms with Gasteiger partial charge in [-0.05, 0) is 60.9 Å². The van der Waals surface area contributed by atoms with Crippen molar-refractivity contribution >= 4 is 22.6 Å². The zero-order chi connectivity index (χ0) is 19.7. The maximum absolute atomic E-state index is 12.4. The normalized spacial score (nSPS) is 10.8. The lowest BCUT2D eigenvalue weighted by Crippen LogP contribution is -2.11. The number of aryl methyl sites for hydroxylation is 2. The van der Waals surface area contributed by atoms with Crippen LogP contribution in [0.3, 0.4) is 0 Å². The van der Waals surface area contributed by atoms with Gasteiger partial charge >= 0.3 is 5.63 Å². The molecule has 1 aromatic heterocycles. The maximum Gasteiger partial charge on any atom is 0.336 e. The second kappa shape index (κ2) is 7.16. The lowest BCUT2D eigenvalue weighted by atomic mass is 10.0. The Balaban J connectivity index is 1.59. The molecule has 0 unspecified atom stereocenters. The summed E-state index contributed by atoms with van der Waals surface area (Å²) in [6, 6.07) is 22.3. The molecular weight excluding hydrogens is 350 g/mol. The molecule has 0 atom stereocenters. The summed E-state index contributed by atoms with van der Waals surface area (Å²) in [5.41, 5.74) is 5.44. The molecule has 0 radical (unpaired) electrons. The fraction of sp³-hybridized carbons (Fsp3) is 0.0833. The van der Waals surface area contributed by atoms with E-state index in [1.54, 1.807) is 12.1 Å². The van der Waals surface area contributed by atoms with Gasteiger partial charge in [0, 0.05) is 22.7 Å². The first-order valence-electron chi connectivity index (χ1n) is 9.02. The Morgan fingerprint density at radius 2 is 1.50 bits per heavy atom. The van der Waals surface area contributed by atoms with Crippen LogP contribution in [0.2, 0.25) is 0 Å². The molecule has 4 aromatic rings. The molecule has 3 aromatic carbocycles. The van der Waals surface area contributed by atoms with Gasteiger partial charge in [-0.25, -0.2) is 4.79 Å². The molecule has 1 heterocycles. The maximum atomic E-state index is 12.4. The van der Waals surface area contributed by atoms with E-state index in [4.69, 9.17) is 4.42 Å². The summed E-state index contributed by atoms with van der Waals surface area (Å²) in [5, 5.41) is 3.81. The molecule has 4 rings (SSSR count). The number of rotatable bonds is 3. The van der Waals surface area contributed by atoms with E-state index in [0.717, 1.165) is 33.3 Å². The van der Waals surface area contributed by atoms with Gasteiger partial charge in [-0.2, -0.15) is 0 Å². The van der Waals surface area contributed by atoms with Crippen LogP contribution in [0.25, 0.3) is 22.1 Å². The zero-order valence-corrected chi connectivity index (χ0v) is 15.7. The molecule has 4 heteroatoms. The number of carbonyl (C=O) groups is 1. The van der Waals surface area contributed by atoms with Crippen LogP contribution in [0.1, 0.15) is 21.5 Å². The second-order valence-electron chi connectivity index (χ2n) is 6.86. The number of carbonyl (C=O) groups excluding carboxylic acids is 1. The minimum atomic E-state index is -0.356. The predicted molar refractivity (Wildman–Crippen MR) is 112 cm³/mol. The highest BCUT2D eigenvalue weighted by Crippen LogP contribution is 2.26. The standard InChI is InChI=1S/C24H19NO3/c1-15-3-10-20(11-4-15)25-24(27)18-7-5-17(6-8-18)19-9-12-21-16(2)13-23(26)28-22(21)14-19/h3-14H,1-2H3,(H,25,27). The Hall–Kier alpha value is -3.66. The van der Waals surface area contributed by atoms with E-state index in [1.807, 2.05) is 68.4 Å². The first-order valence-corrected chi connectivity index (χ1v) is 9.02. The van der Waals surface area contributed by atoms with Crippen LogP contribution in [-0.4, -0.2) is 5.91 Å². The van der Waals surface area contributed by atoms with Crippen molar-refractivity contribution in [3.63, 3.8) is 0 Å². The second-order valence-corrected chi connectivity index (χ2v) is 6.86. The topological polar surface area (TPSA) is 59.3 Å². The molecule has 4 nitrogen and oxygen atoms in total. The predicted octanol–water partition coefficient (Wildman–Crippen LogP) is 5.33. The van der Waals surface area contributed by atoms with Gasteiger partial charge in [0.1, 0.15) is 5.58 Å². The van der Waals surface area contributed by atoms with Gasteiger partial charge in [-0.3, -0.25) is 4.79 Å². The summed E-state index contributed by atoms with van der Waals surface area (Å²) in [4.78, 5) is 24.1. The Kier molecular flexibility index (Phi) is 4.53. The molecule has 28 heavy (non-hydrogen) atoms. The Morgan fingerprint density at radius 3 is 2.21 bits per heavy atom. The van der Waals surface area contributed by atoms with Crippen LogP contribution in [0.4, 0.5) is 5.69 Å². The lowest BCUT2D eigenvalue weighted by Gasteiger charge is -2.08. The minimum Gasteiger partial charge on any atom is -0.423 e. The van der Waals surface area contributed by atoms with Gasteiger partial charge in [0.25, 0.3) is 5.91 Å². The lowest BCUT2D eigenvalue weighted by molar-refractivity contribution is 0.102. The molecule has 0 spiro atoms. The number of hydrogen-bond acceptors (Lipinski definition) is 3. The zero-order valence-electron chi connectivity index (χ0n) is 15.7. The highest BCUT2D eigenvalue weighted by atomic mass is 16.4. The van der Waals surface area contributed by atoms with E-state index in [-0.39, 0.29) is 11.5 Å². The van der Waals surface area contributed by atoms with Gasteiger partial charge < -0.3 is 9.73 Å². The van der Waals surface area contributed by atoms with Gasteiger partial charge in [-0.15, -0.1) is 0 Å². The number of fused-ring (bicyclic) bond motifs is 1. The fourth-order valence-electron chi connectivity index (χ4n) is 3.16. The highest BCUT2D eigenvalue weighted by Gasteiger charge is 2.08. The van der Waals surface area contributed by atoms with E-state index in [9.17, 15) is 9.59 Å². The Labute approximate surface area is 162 Å². The molecule has 0 saturated heterocycles. The minimum absolute atomic E-state index is 0.157. The fourth-order valence-corrected chi connectivity index (χ4v) is 3.16. The number of nitrogens with one attached hydrogen (secondary N) is 1. The largest absolute Gasteiger partial charge is 0.423 e. The summed E-state index contributed by atoms with van der Waals surface area (Å²) in [5.74, 6) is -0.157. The van der Waals surface area contributed by atoms with Gasteiger partial charge in [0.2, 0.25) is 0 Å². The summed E-state index contributed by atoms with van der Waals surface area (Å²) < 4.78 is 5.32. The molecule has 0 aliphatic carbocycles. The molecule has 0 fully saturated rings. The van der Waals surface area contributed by atoms with E-state index in [0.29, 0.717) is 11.1 Å². The third-order valence-corrected chi connectivity index (χ3v) is 4.74. The van der Waals surface area contributed by atoms with E-state index in [1.165, 1.54) is 6.07 Å². The van der Waals surface area contributed by atoms with Crippen molar-refractivity contribution in [3.05, 3.63) is 99.9 Å². The molecule has 0 bridgehead atoms. The number of benzene rings is 3. The molecule has 0 aliphatic heterocycles. The average Bonchev–Trinajstić information content (AvgIpc) is 2.69. The number of anilines is 1. The molecule has 1 amide bonds. The summed E-state index contributed by atoms with van der Waals surface area (Å²) in [7, 11) is 0. The molecule has 0 saturated carbocycles. The quantitative estimate of drug-likeness (QED) is 0.497. The van der Waals surface area contributed by atoms with Gasteiger partial charge in [-0.1, -0.05) is 42.0 Å². The van der Waals surface area contributed by atoms with Crippen LogP contribution in [0.15, 0.2) is 82.0 Å². The third-order valence-electron chi connectivity index (χ3n) is 4.74. The summed E-state index contributed by atoms with van der Waals surface area (Å²) in [6.07, 6.45) is 0.